The van der Waals surface area contributed by atoms with Crippen molar-refractivity contribution in [1.29, 1.82) is 0 Å². The van der Waals surface area contributed by atoms with E-state index < -0.39 is 0 Å². The summed E-state index contributed by atoms with van der Waals surface area (Å²) in [6.07, 6.45) is 0. The molecule has 1 atom stereocenters. The number of hydrogen-bond acceptors (Lipinski definition) is 4. The normalized spacial score (nSPS) is 20.2. The summed E-state index contributed by atoms with van der Waals surface area (Å²) in [4.78, 5) is 17.7. The first-order chi connectivity index (χ1) is 9.30. The molecule has 0 aliphatic carbocycles. The summed E-state index contributed by atoms with van der Waals surface area (Å²) >= 11 is 7.05. The molecule has 0 spiro atoms. The number of hydrogen-bond donors (Lipinski definition) is 0. The van der Waals surface area contributed by atoms with Gasteiger partial charge < -0.3 is 9.80 Å². The zero-order valence-electron chi connectivity index (χ0n) is 12.4. The van der Waals surface area contributed by atoms with Crippen LogP contribution in [-0.4, -0.2) is 48.6 Å². The largest absolute Gasteiger partial charge is 0.324 e. The van der Waals surface area contributed by atoms with Gasteiger partial charge in [0.05, 0.1) is 10.6 Å². The van der Waals surface area contributed by atoms with Crippen molar-refractivity contribution in [3.8, 4) is 0 Å². The van der Waals surface area contributed by atoms with Crippen LogP contribution in [0.5, 0.6) is 0 Å². The van der Waals surface area contributed by atoms with Crippen LogP contribution in [0.2, 0.25) is 0 Å². The summed E-state index contributed by atoms with van der Waals surface area (Å²) in [6.45, 7) is 6.22. The molecule has 1 aromatic heterocycles. The Labute approximate surface area is 137 Å². The second-order valence-electron chi connectivity index (χ2n) is 6.22. The number of carbonyl (C=O) groups excluding carboxylic acids is 1. The highest BCUT2D eigenvalue weighted by Gasteiger charge is 2.37. The molecule has 0 saturated carbocycles. The van der Waals surface area contributed by atoms with Gasteiger partial charge in [-0.3, -0.25) is 4.79 Å². The van der Waals surface area contributed by atoms with Crippen LogP contribution in [0.15, 0.2) is 15.9 Å². The predicted octanol–water partition coefficient (Wildman–Crippen LogP) is 3.67. The fraction of sp³-hybridized carbons (Fsp3) is 0.643. The van der Waals surface area contributed by atoms with Gasteiger partial charge in [0.2, 0.25) is 5.91 Å². The summed E-state index contributed by atoms with van der Waals surface area (Å²) in [5.74, 6) is 0.847. The van der Waals surface area contributed by atoms with Crippen molar-refractivity contribution in [2.45, 2.75) is 19.2 Å². The third-order valence-corrected chi connectivity index (χ3v) is 6.47. The Morgan fingerprint density at radius 3 is 2.75 bits per heavy atom. The molecule has 2 rings (SSSR count). The lowest BCUT2D eigenvalue weighted by Gasteiger charge is -2.35. The lowest BCUT2D eigenvalue weighted by atomic mass is 9.92. The van der Waals surface area contributed by atoms with E-state index in [0.717, 1.165) is 17.6 Å². The van der Waals surface area contributed by atoms with Gasteiger partial charge in [-0.25, -0.2) is 0 Å². The summed E-state index contributed by atoms with van der Waals surface area (Å²) in [5.41, 5.74) is 0.0893. The molecule has 0 bridgehead atoms. The first-order valence-electron chi connectivity index (χ1n) is 6.59. The average molecular weight is 377 g/mol. The molecule has 112 valence electrons. The van der Waals surface area contributed by atoms with E-state index in [1.165, 1.54) is 4.88 Å². The van der Waals surface area contributed by atoms with Gasteiger partial charge in [0.25, 0.3) is 0 Å². The minimum atomic E-state index is 0.0893. The first-order valence-corrected chi connectivity index (χ1v) is 9.31. The van der Waals surface area contributed by atoms with Gasteiger partial charge in [-0.05, 0) is 46.9 Å². The fourth-order valence-corrected chi connectivity index (χ4v) is 5.91. The van der Waals surface area contributed by atoms with E-state index in [-0.39, 0.29) is 16.7 Å². The van der Waals surface area contributed by atoms with E-state index in [4.69, 9.17) is 0 Å². The lowest BCUT2D eigenvalue weighted by Crippen LogP contribution is -2.41. The predicted molar refractivity (Wildman–Crippen MR) is 91.3 cm³/mol. The number of thiophene rings is 1. The zero-order valence-corrected chi connectivity index (χ0v) is 15.6. The summed E-state index contributed by atoms with van der Waals surface area (Å²) in [6, 6.07) is 2.06. The van der Waals surface area contributed by atoms with Gasteiger partial charge in [0.1, 0.15) is 5.37 Å². The molecule has 1 aromatic rings. The summed E-state index contributed by atoms with van der Waals surface area (Å²) < 4.78 is 1.12. The maximum atomic E-state index is 12.2. The Morgan fingerprint density at radius 2 is 2.20 bits per heavy atom. The van der Waals surface area contributed by atoms with Crippen LogP contribution in [0.4, 0.5) is 0 Å². The number of carbonyl (C=O) groups is 1. The maximum absolute atomic E-state index is 12.2. The van der Waals surface area contributed by atoms with Crippen LogP contribution in [0.3, 0.4) is 0 Å². The summed E-state index contributed by atoms with van der Waals surface area (Å²) in [7, 11) is 4.16. The average Bonchev–Trinajstić information content (AvgIpc) is 2.85. The molecule has 1 aliphatic heterocycles. The molecular formula is C14H21BrN2OS2. The van der Waals surface area contributed by atoms with Crippen molar-refractivity contribution in [2.24, 2.45) is 5.41 Å². The highest BCUT2D eigenvalue weighted by Crippen LogP contribution is 2.45. The van der Waals surface area contributed by atoms with Crippen molar-refractivity contribution in [1.82, 2.24) is 9.80 Å². The molecule has 0 N–H and O–H groups in total. The number of amides is 1. The molecule has 1 unspecified atom stereocenters. The molecule has 0 aromatic carbocycles. The van der Waals surface area contributed by atoms with Crippen LogP contribution in [0.25, 0.3) is 0 Å². The van der Waals surface area contributed by atoms with Crippen molar-refractivity contribution in [3.63, 3.8) is 0 Å². The topological polar surface area (TPSA) is 23.6 Å². The third-order valence-electron chi connectivity index (χ3n) is 3.18. The van der Waals surface area contributed by atoms with Gasteiger partial charge in [0, 0.05) is 17.6 Å². The number of nitrogens with zero attached hydrogens (tertiary/aromatic N) is 2. The zero-order chi connectivity index (χ0) is 14.9. The van der Waals surface area contributed by atoms with Gasteiger partial charge in [0.15, 0.2) is 0 Å². The molecular weight excluding hydrogens is 356 g/mol. The third kappa shape index (κ3) is 3.78. The van der Waals surface area contributed by atoms with Gasteiger partial charge in [-0.2, -0.15) is 0 Å². The molecule has 20 heavy (non-hydrogen) atoms. The molecule has 0 radical (unpaired) electrons. The molecule has 1 saturated heterocycles. The van der Waals surface area contributed by atoms with E-state index in [9.17, 15) is 4.79 Å². The van der Waals surface area contributed by atoms with Crippen molar-refractivity contribution in [2.75, 3.05) is 32.9 Å². The van der Waals surface area contributed by atoms with Crippen LogP contribution in [0, 0.1) is 5.41 Å². The minimum absolute atomic E-state index is 0.0893. The molecule has 1 fully saturated rings. The van der Waals surface area contributed by atoms with E-state index in [0.29, 0.717) is 5.75 Å². The van der Waals surface area contributed by atoms with Crippen LogP contribution in [-0.2, 0) is 4.79 Å². The van der Waals surface area contributed by atoms with Crippen molar-refractivity contribution in [3.05, 3.63) is 20.8 Å². The first kappa shape index (κ1) is 16.3. The Kier molecular flexibility index (Phi) is 5.21. The Morgan fingerprint density at radius 1 is 1.50 bits per heavy atom. The molecule has 1 aliphatic rings. The number of halogens is 1. The highest BCUT2D eigenvalue weighted by molar-refractivity contribution is 9.10. The Bertz CT molecular complexity index is 487. The highest BCUT2D eigenvalue weighted by atomic mass is 79.9. The second-order valence-corrected chi connectivity index (χ2v) is 9.09. The van der Waals surface area contributed by atoms with E-state index in [1.54, 1.807) is 23.1 Å². The molecule has 1 amide bonds. The smallest absolute Gasteiger partial charge is 0.233 e. The Hall–Kier alpha value is -0.0400. The monoisotopic (exact) mass is 376 g/mol. The van der Waals surface area contributed by atoms with Crippen LogP contribution < -0.4 is 0 Å². The van der Waals surface area contributed by atoms with Crippen LogP contribution in [0.1, 0.15) is 24.1 Å². The van der Waals surface area contributed by atoms with E-state index in [2.05, 4.69) is 60.2 Å². The number of rotatable bonds is 5. The SMILES string of the molecule is CN(C)CC(C)(C)CN1C(=O)CSC1c1sccc1Br. The van der Waals surface area contributed by atoms with Crippen LogP contribution >= 0.6 is 39.0 Å². The van der Waals surface area contributed by atoms with Gasteiger partial charge in [-0.15, -0.1) is 23.1 Å². The molecule has 3 nitrogen and oxygen atoms in total. The van der Waals surface area contributed by atoms with Gasteiger partial charge >= 0.3 is 0 Å². The van der Waals surface area contributed by atoms with Crippen molar-refractivity contribution < 1.29 is 4.79 Å². The maximum Gasteiger partial charge on any atom is 0.233 e. The standard InChI is InChI=1S/C14H21BrN2OS2/c1-14(2,8-16(3)4)9-17-11(18)7-20-13(17)12-10(15)5-6-19-12/h5-6,13H,7-9H2,1-4H3. The van der Waals surface area contributed by atoms with Gasteiger partial charge in [-0.1, -0.05) is 13.8 Å². The van der Waals surface area contributed by atoms with Crippen molar-refractivity contribution >= 4 is 44.9 Å². The Balaban J connectivity index is 2.15. The van der Waals surface area contributed by atoms with E-state index >= 15 is 0 Å². The summed E-state index contributed by atoms with van der Waals surface area (Å²) in [5, 5.41) is 2.24. The lowest BCUT2D eigenvalue weighted by molar-refractivity contribution is -0.129. The fourth-order valence-electron chi connectivity index (χ4n) is 2.69. The second kappa shape index (κ2) is 6.38. The quantitative estimate of drug-likeness (QED) is 0.782. The minimum Gasteiger partial charge on any atom is -0.324 e. The molecule has 6 heteroatoms. The molecule has 2 heterocycles. The van der Waals surface area contributed by atoms with E-state index in [1.807, 2.05) is 4.90 Å². The number of thioether (sulfide) groups is 1.